The lowest BCUT2D eigenvalue weighted by Crippen LogP contribution is -2.30. The van der Waals surface area contributed by atoms with Crippen molar-refractivity contribution in [2.75, 3.05) is 35.2 Å². The average Bonchev–Trinajstić information content (AvgIpc) is 3.17. The standard InChI is InChI=1S/C23H28N4O5S/c1-4-26(5-2)33(31,32)21-12-8-19(9-13-21)25-23(30)17-14-22(29)27(15-17)20-10-6-18(7-11-20)24-16(3)28/h6-13,17H,4-5,14-15H2,1-3H3,(H,24,28)(H,25,30). The van der Waals surface area contributed by atoms with Crippen LogP contribution >= 0.6 is 0 Å². The van der Waals surface area contributed by atoms with Crippen LogP contribution in [0.2, 0.25) is 0 Å². The Labute approximate surface area is 193 Å². The summed E-state index contributed by atoms with van der Waals surface area (Å²) in [6.07, 6.45) is 0.0771. The summed E-state index contributed by atoms with van der Waals surface area (Å²) < 4.78 is 26.5. The summed E-state index contributed by atoms with van der Waals surface area (Å²) in [5, 5.41) is 5.44. The van der Waals surface area contributed by atoms with E-state index in [-0.39, 0.29) is 35.6 Å². The number of anilines is 3. The number of hydrogen-bond donors (Lipinski definition) is 2. The van der Waals surface area contributed by atoms with Crippen molar-refractivity contribution in [1.82, 2.24) is 4.31 Å². The van der Waals surface area contributed by atoms with Crippen LogP contribution < -0.4 is 15.5 Å². The van der Waals surface area contributed by atoms with Crippen LogP contribution in [0.5, 0.6) is 0 Å². The van der Waals surface area contributed by atoms with Crippen molar-refractivity contribution < 1.29 is 22.8 Å². The Kier molecular flexibility index (Phi) is 7.50. The van der Waals surface area contributed by atoms with Gasteiger partial charge in [-0.05, 0) is 48.5 Å². The first-order chi connectivity index (χ1) is 15.6. The first kappa shape index (κ1) is 24.4. The molecule has 0 spiro atoms. The third-order valence-corrected chi connectivity index (χ3v) is 7.52. The second-order valence-electron chi connectivity index (χ2n) is 7.74. The molecule has 176 valence electrons. The van der Waals surface area contributed by atoms with E-state index in [2.05, 4.69) is 10.6 Å². The van der Waals surface area contributed by atoms with E-state index < -0.39 is 15.9 Å². The van der Waals surface area contributed by atoms with Crippen LogP contribution in [0, 0.1) is 5.92 Å². The molecule has 0 bridgehead atoms. The lowest BCUT2D eigenvalue weighted by Gasteiger charge is -2.19. The maximum atomic E-state index is 12.7. The van der Waals surface area contributed by atoms with E-state index in [9.17, 15) is 22.8 Å². The number of carbonyl (C=O) groups excluding carboxylic acids is 3. The van der Waals surface area contributed by atoms with Crippen molar-refractivity contribution in [2.45, 2.75) is 32.1 Å². The Bertz CT molecular complexity index is 1130. The van der Waals surface area contributed by atoms with E-state index in [1.807, 2.05) is 0 Å². The molecule has 0 aromatic heterocycles. The van der Waals surface area contributed by atoms with Gasteiger partial charge < -0.3 is 15.5 Å². The minimum absolute atomic E-state index is 0.0771. The maximum absolute atomic E-state index is 12.7. The number of rotatable bonds is 8. The highest BCUT2D eigenvalue weighted by Gasteiger charge is 2.35. The van der Waals surface area contributed by atoms with E-state index in [1.54, 1.807) is 55.1 Å². The Hall–Kier alpha value is -3.24. The Morgan fingerprint density at radius 3 is 2.06 bits per heavy atom. The molecule has 0 aliphatic carbocycles. The van der Waals surface area contributed by atoms with Gasteiger partial charge in [0.05, 0.1) is 10.8 Å². The lowest BCUT2D eigenvalue weighted by atomic mass is 10.1. The number of sulfonamides is 1. The molecular weight excluding hydrogens is 444 g/mol. The van der Waals surface area contributed by atoms with Gasteiger partial charge in [0.2, 0.25) is 27.7 Å². The Morgan fingerprint density at radius 1 is 0.970 bits per heavy atom. The number of benzene rings is 2. The van der Waals surface area contributed by atoms with Gasteiger partial charge in [-0.3, -0.25) is 14.4 Å². The summed E-state index contributed by atoms with van der Waals surface area (Å²) in [6.45, 7) is 5.95. The van der Waals surface area contributed by atoms with E-state index in [0.717, 1.165) is 0 Å². The van der Waals surface area contributed by atoms with Crippen molar-refractivity contribution >= 4 is 44.8 Å². The number of nitrogens with one attached hydrogen (secondary N) is 2. The highest BCUT2D eigenvalue weighted by molar-refractivity contribution is 7.89. The van der Waals surface area contributed by atoms with Crippen LogP contribution in [0.3, 0.4) is 0 Å². The highest BCUT2D eigenvalue weighted by Crippen LogP contribution is 2.27. The quantitative estimate of drug-likeness (QED) is 0.613. The van der Waals surface area contributed by atoms with Crippen molar-refractivity contribution in [1.29, 1.82) is 0 Å². The average molecular weight is 473 g/mol. The molecule has 1 saturated heterocycles. The van der Waals surface area contributed by atoms with Gasteiger partial charge in [0.1, 0.15) is 0 Å². The van der Waals surface area contributed by atoms with Crippen molar-refractivity contribution in [2.24, 2.45) is 5.92 Å². The van der Waals surface area contributed by atoms with Crippen molar-refractivity contribution in [3.8, 4) is 0 Å². The molecule has 0 radical (unpaired) electrons. The van der Waals surface area contributed by atoms with Crippen LogP contribution in [0.1, 0.15) is 27.2 Å². The fourth-order valence-corrected chi connectivity index (χ4v) is 5.19. The van der Waals surface area contributed by atoms with Crippen LogP contribution in [-0.2, 0) is 24.4 Å². The Balaban J connectivity index is 1.64. The van der Waals surface area contributed by atoms with Gasteiger partial charge in [0.25, 0.3) is 0 Å². The smallest absolute Gasteiger partial charge is 0.243 e. The molecule has 3 rings (SSSR count). The predicted molar refractivity (Wildman–Crippen MR) is 126 cm³/mol. The molecule has 1 aliphatic heterocycles. The van der Waals surface area contributed by atoms with Gasteiger partial charge >= 0.3 is 0 Å². The van der Waals surface area contributed by atoms with Gasteiger partial charge in [-0.25, -0.2) is 8.42 Å². The molecule has 2 aromatic rings. The molecule has 1 heterocycles. The lowest BCUT2D eigenvalue weighted by molar-refractivity contribution is -0.122. The molecular formula is C23H28N4O5S. The number of nitrogens with zero attached hydrogens (tertiary/aromatic N) is 2. The summed E-state index contributed by atoms with van der Waals surface area (Å²) in [7, 11) is -3.57. The van der Waals surface area contributed by atoms with Gasteiger partial charge in [-0.15, -0.1) is 0 Å². The fourth-order valence-electron chi connectivity index (χ4n) is 3.73. The molecule has 1 unspecified atom stereocenters. The molecule has 9 nitrogen and oxygen atoms in total. The normalized spacial score (nSPS) is 16.2. The molecule has 2 N–H and O–H groups in total. The monoisotopic (exact) mass is 472 g/mol. The second-order valence-corrected chi connectivity index (χ2v) is 9.67. The van der Waals surface area contributed by atoms with E-state index >= 15 is 0 Å². The fraction of sp³-hybridized carbons (Fsp3) is 0.348. The number of hydrogen-bond acceptors (Lipinski definition) is 5. The third kappa shape index (κ3) is 5.58. The first-order valence-electron chi connectivity index (χ1n) is 10.7. The summed E-state index contributed by atoms with van der Waals surface area (Å²) in [6, 6.07) is 12.9. The van der Waals surface area contributed by atoms with Crippen molar-refractivity contribution in [3.05, 3.63) is 48.5 Å². The van der Waals surface area contributed by atoms with Gasteiger partial charge in [0, 0.05) is 50.0 Å². The molecule has 3 amide bonds. The summed E-state index contributed by atoms with van der Waals surface area (Å²) in [5.74, 6) is -1.19. The minimum atomic E-state index is -3.57. The first-order valence-corrected chi connectivity index (χ1v) is 12.2. The summed E-state index contributed by atoms with van der Waals surface area (Å²) in [5.41, 5.74) is 1.73. The molecule has 0 saturated carbocycles. The van der Waals surface area contributed by atoms with E-state index in [0.29, 0.717) is 30.2 Å². The van der Waals surface area contributed by atoms with E-state index in [4.69, 9.17) is 0 Å². The van der Waals surface area contributed by atoms with Gasteiger partial charge in [0.15, 0.2) is 0 Å². The molecule has 1 atom stereocenters. The van der Waals surface area contributed by atoms with Crippen LogP contribution in [0.4, 0.5) is 17.1 Å². The van der Waals surface area contributed by atoms with Crippen LogP contribution in [-0.4, -0.2) is 50.1 Å². The number of carbonyl (C=O) groups is 3. The molecule has 2 aromatic carbocycles. The Morgan fingerprint density at radius 2 is 1.52 bits per heavy atom. The largest absolute Gasteiger partial charge is 0.326 e. The second kappa shape index (κ2) is 10.1. The topological polar surface area (TPSA) is 116 Å². The number of amides is 3. The van der Waals surface area contributed by atoms with Gasteiger partial charge in [-0.1, -0.05) is 13.8 Å². The molecule has 1 fully saturated rings. The minimum Gasteiger partial charge on any atom is -0.326 e. The molecule has 33 heavy (non-hydrogen) atoms. The zero-order chi connectivity index (χ0) is 24.2. The highest BCUT2D eigenvalue weighted by atomic mass is 32.2. The van der Waals surface area contributed by atoms with E-state index in [1.165, 1.54) is 23.4 Å². The zero-order valence-corrected chi connectivity index (χ0v) is 19.7. The predicted octanol–water partition coefficient (Wildman–Crippen LogP) is 2.67. The third-order valence-electron chi connectivity index (χ3n) is 5.46. The van der Waals surface area contributed by atoms with Crippen molar-refractivity contribution in [3.63, 3.8) is 0 Å². The SMILES string of the molecule is CCN(CC)S(=O)(=O)c1ccc(NC(=O)C2CC(=O)N(c3ccc(NC(C)=O)cc3)C2)cc1. The molecule has 10 heteroatoms. The summed E-state index contributed by atoms with van der Waals surface area (Å²) in [4.78, 5) is 38.1. The maximum Gasteiger partial charge on any atom is 0.243 e. The zero-order valence-electron chi connectivity index (χ0n) is 18.9. The van der Waals surface area contributed by atoms with Gasteiger partial charge in [-0.2, -0.15) is 4.31 Å². The molecule has 1 aliphatic rings. The van der Waals surface area contributed by atoms with Crippen LogP contribution in [0.15, 0.2) is 53.4 Å². The summed E-state index contributed by atoms with van der Waals surface area (Å²) >= 11 is 0. The van der Waals surface area contributed by atoms with Crippen LogP contribution in [0.25, 0.3) is 0 Å².